The van der Waals surface area contributed by atoms with Crippen LogP contribution >= 0.6 is 12.2 Å². The molecular weight excluding hydrogens is 396 g/mol. The second-order valence-electron chi connectivity index (χ2n) is 7.44. The molecule has 0 saturated heterocycles. The number of H-pyrrole nitrogens is 2. The monoisotopic (exact) mass is 415 g/mol. The molecule has 5 nitrogen and oxygen atoms in total. The summed E-state index contributed by atoms with van der Waals surface area (Å²) in [5, 5.41) is 3.22. The molecule has 2 aromatic carbocycles. The van der Waals surface area contributed by atoms with E-state index in [9.17, 15) is 18.4 Å². The van der Waals surface area contributed by atoms with Gasteiger partial charge < -0.3 is 10.3 Å². The Morgan fingerprint density at radius 2 is 1.79 bits per heavy atom. The maximum atomic E-state index is 14.4. The zero-order valence-corrected chi connectivity index (χ0v) is 16.3. The Morgan fingerprint density at radius 3 is 2.48 bits per heavy atom. The number of carbonyl (C=O) groups excluding carboxylic acids is 1. The van der Waals surface area contributed by atoms with E-state index < -0.39 is 17.0 Å². The quantitative estimate of drug-likeness (QED) is 0.562. The molecule has 0 radical (unpaired) electrons. The van der Waals surface area contributed by atoms with Gasteiger partial charge in [-0.15, -0.1) is 0 Å². The van der Waals surface area contributed by atoms with Crippen molar-refractivity contribution in [3.05, 3.63) is 74.3 Å². The fourth-order valence-corrected chi connectivity index (χ4v) is 4.44. The third-order valence-corrected chi connectivity index (χ3v) is 5.85. The Balaban J connectivity index is 1.62. The number of hydrogen-bond acceptors (Lipinski definition) is 3. The number of halogens is 2. The first-order valence-corrected chi connectivity index (χ1v) is 9.79. The van der Waals surface area contributed by atoms with Gasteiger partial charge in [-0.1, -0.05) is 18.9 Å². The Hall–Kier alpha value is -2.87. The van der Waals surface area contributed by atoms with Crippen molar-refractivity contribution >= 4 is 29.0 Å². The summed E-state index contributed by atoms with van der Waals surface area (Å²) in [6.07, 6.45) is 2.90. The molecule has 150 valence electrons. The maximum absolute atomic E-state index is 14.4. The number of benzene rings is 2. The van der Waals surface area contributed by atoms with Crippen LogP contribution in [0.3, 0.4) is 0 Å². The lowest BCUT2D eigenvalue weighted by Crippen LogP contribution is -2.40. The van der Waals surface area contributed by atoms with Crippen LogP contribution < -0.4 is 10.9 Å². The molecule has 1 heterocycles. The van der Waals surface area contributed by atoms with E-state index in [4.69, 9.17) is 12.2 Å². The van der Waals surface area contributed by atoms with Crippen molar-refractivity contribution in [3.8, 4) is 0 Å². The van der Waals surface area contributed by atoms with Crippen molar-refractivity contribution in [2.24, 2.45) is 0 Å². The van der Waals surface area contributed by atoms with Crippen molar-refractivity contribution in [1.82, 2.24) is 15.3 Å². The van der Waals surface area contributed by atoms with E-state index in [0.717, 1.165) is 12.8 Å². The summed E-state index contributed by atoms with van der Waals surface area (Å²) in [5.74, 6) is -1.55. The number of hydrogen-bond donors (Lipinski definition) is 3. The number of rotatable bonds is 4. The number of nitrogens with one attached hydrogen (secondary N) is 3. The van der Waals surface area contributed by atoms with Gasteiger partial charge in [-0.2, -0.15) is 0 Å². The summed E-state index contributed by atoms with van der Waals surface area (Å²) >= 11 is 4.97. The summed E-state index contributed by atoms with van der Waals surface area (Å²) in [6, 6.07) is 8.47. The molecule has 3 N–H and O–H groups in total. The van der Waals surface area contributed by atoms with Crippen LogP contribution in [0.15, 0.2) is 41.2 Å². The van der Waals surface area contributed by atoms with Crippen LogP contribution in [0.2, 0.25) is 0 Å². The van der Waals surface area contributed by atoms with Gasteiger partial charge >= 0.3 is 0 Å². The molecule has 1 fully saturated rings. The number of amides is 1. The number of carbonyl (C=O) groups is 1. The molecule has 3 aromatic rings. The molecule has 8 heteroatoms. The van der Waals surface area contributed by atoms with Crippen LogP contribution in [0.4, 0.5) is 8.78 Å². The fraction of sp³-hybridized carbons (Fsp3) is 0.286. The third-order valence-electron chi connectivity index (χ3n) is 5.64. The summed E-state index contributed by atoms with van der Waals surface area (Å²) < 4.78 is 29.1. The van der Waals surface area contributed by atoms with Crippen molar-refractivity contribution < 1.29 is 13.6 Å². The molecule has 0 aliphatic heterocycles. The lowest BCUT2D eigenvalue weighted by atomic mass is 9.78. The highest BCUT2D eigenvalue weighted by molar-refractivity contribution is 7.71. The highest BCUT2D eigenvalue weighted by Gasteiger charge is 2.40. The van der Waals surface area contributed by atoms with Crippen molar-refractivity contribution in [2.45, 2.75) is 31.1 Å². The van der Waals surface area contributed by atoms with Crippen molar-refractivity contribution in [1.29, 1.82) is 0 Å². The normalized spacial score (nSPS) is 15.5. The highest BCUT2D eigenvalue weighted by Crippen LogP contribution is 2.42. The Labute approximate surface area is 170 Å². The van der Waals surface area contributed by atoms with E-state index >= 15 is 0 Å². The molecular formula is C21H19F2N3O2S. The second-order valence-corrected chi connectivity index (χ2v) is 7.84. The van der Waals surface area contributed by atoms with Crippen molar-refractivity contribution in [3.63, 3.8) is 0 Å². The summed E-state index contributed by atoms with van der Waals surface area (Å²) in [6.45, 7) is 0.132. The van der Waals surface area contributed by atoms with Crippen LogP contribution in [0.5, 0.6) is 0 Å². The van der Waals surface area contributed by atoms with Crippen LogP contribution in [-0.4, -0.2) is 22.4 Å². The minimum Gasteiger partial charge on any atom is -0.351 e. The molecule has 4 rings (SSSR count). The molecule has 1 aliphatic carbocycles. The first kappa shape index (κ1) is 19.4. The van der Waals surface area contributed by atoms with E-state index in [1.54, 1.807) is 6.07 Å². The van der Waals surface area contributed by atoms with Crippen LogP contribution in [0.25, 0.3) is 10.9 Å². The molecule has 1 aromatic heterocycles. The molecule has 0 atom stereocenters. The number of aromatic nitrogens is 2. The fourth-order valence-electron chi connectivity index (χ4n) is 4.23. The van der Waals surface area contributed by atoms with Crippen LogP contribution in [0.1, 0.15) is 41.6 Å². The van der Waals surface area contributed by atoms with Gasteiger partial charge in [0.15, 0.2) is 4.77 Å². The molecule has 0 bridgehead atoms. The molecule has 29 heavy (non-hydrogen) atoms. The minimum absolute atomic E-state index is 0.0481. The molecule has 0 unspecified atom stereocenters. The summed E-state index contributed by atoms with van der Waals surface area (Å²) in [4.78, 5) is 30.0. The van der Waals surface area contributed by atoms with Gasteiger partial charge in [0, 0.05) is 23.1 Å². The number of aromatic amines is 2. The predicted octanol–water partition coefficient (Wildman–Crippen LogP) is 4.11. The molecule has 1 aliphatic rings. The van der Waals surface area contributed by atoms with Gasteiger partial charge in [-0.3, -0.25) is 14.6 Å². The van der Waals surface area contributed by atoms with Gasteiger partial charge in [0.05, 0.1) is 10.9 Å². The zero-order chi connectivity index (χ0) is 20.6. The van der Waals surface area contributed by atoms with Crippen LogP contribution in [-0.2, 0) is 5.41 Å². The number of fused-ring (bicyclic) bond motifs is 1. The summed E-state index contributed by atoms with van der Waals surface area (Å²) in [5.41, 5.74) is -0.278. The zero-order valence-electron chi connectivity index (χ0n) is 15.5. The average Bonchev–Trinajstić information content (AvgIpc) is 3.15. The second kappa shape index (κ2) is 7.51. The van der Waals surface area contributed by atoms with E-state index in [1.165, 1.54) is 30.3 Å². The van der Waals surface area contributed by atoms with Gasteiger partial charge in [-0.25, -0.2) is 8.78 Å². The van der Waals surface area contributed by atoms with Gasteiger partial charge in [0.2, 0.25) is 0 Å². The lowest BCUT2D eigenvalue weighted by molar-refractivity contribution is 0.0942. The van der Waals surface area contributed by atoms with E-state index in [2.05, 4.69) is 15.3 Å². The third kappa shape index (κ3) is 3.60. The van der Waals surface area contributed by atoms with E-state index in [-0.39, 0.29) is 28.3 Å². The first-order valence-electron chi connectivity index (χ1n) is 9.39. The predicted molar refractivity (Wildman–Crippen MR) is 109 cm³/mol. The maximum Gasteiger partial charge on any atom is 0.259 e. The SMILES string of the molecule is O=C(NCC1(c2c(F)cccc2F)CCCC1)c1ccc2c(=O)[nH]c(=S)[nH]c2c1. The summed E-state index contributed by atoms with van der Waals surface area (Å²) in [7, 11) is 0. The van der Waals surface area contributed by atoms with Crippen molar-refractivity contribution in [2.75, 3.05) is 6.54 Å². The Morgan fingerprint density at radius 1 is 1.10 bits per heavy atom. The standard InChI is InChI=1S/C21H19F2N3O2S/c22-14-4-3-5-15(23)17(14)21(8-1-2-9-21)11-24-18(27)12-6-7-13-16(10-12)25-20(29)26-19(13)28/h3-7,10H,1-2,8-9,11H2,(H,24,27)(H2,25,26,28,29). The highest BCUT2D eigenvalue weighted by atomic mass is 32.1. The minimum atomic E-state index is -0.765. The van der Waals surface area contributed by atoms with Gasteiger partial charge in [0.1, 0.15) is 11.6 Å². The van der Waals surface area contributed by atoms with E-state index in [1.807, 2.05) is 0 Å². The smallest absolute Gasteiger partial charge is 0.259 e. The largest absolute Gasteiger partial charge is 0.351 e. The average molecular weight is 415 g/mol. The lowest BCUT2D eigenvalue weighted by Gasteiger charge is -2.30. The van der Waals surface area contributed by atoms with Gasteiger partial charge in [0.25, 0.3) is 11.5 Å². The Kier molecular flexibility index (Phi) is 5.04. The Bertz CT molecular complexity index is 1190. The molecule has 1 saturated carbocycles. The van der Waals surface area contributed by atoms with Crippen LogP contribution in [0, 0.1) is 16.4 Å². The topological polar surface area (TPSA) is 77.8 Å². The molecule has 1 amide bonds. The van der Waals surface area contributed by atoms with Gasteiger partial charge in [-0.05, 0) is 55.4 Å². The first-order chi connectivity index (χ1) is 13.9. The molecule has 0 spiro atoms. The van der Waals surface area contributed by atoms with E-state index in [0.29, 0.717) is 29.3 Å².